The predicted molar refractivity (Wildman–Crippen MR) is 138 cm³/mol. The first-order valence-corrected chi connectivity index (χ1v) is 11.9. The lowest BCUT2D eigenvalue weighted by Crippen LogP contribution is -2.08. The zero-order chi connectivity index (χ0) is 34.0. The number of rotatable bonds is 3. The van der Waals surface area contributed by atoms with Gasteiger partial charge in [-0.15, -0.1) is 0 Å². The van der Waals surface area contributed by atoms with Gasteiger partial charge in [-0.05, 0) is 18.2 Å². The van der Waals surface area contributed by atoms with Crippen LogP contribution in [-0.2, 0) is 0 Å². The second kappa shape index (κ2) is 11.9. The molecule has 15 heteroatoms. The maximum absolute atomic E-state index is 15.7. The van der Waals surface area contributed by atoms with E-state index in [1.807, 2.05) is 0 Å². The molecule has 0 spiro atoms. The van der Waals surface area contributed by atoms with E-state index in [1.165, 1.54) is 48.6 Å². The fourth-order valence-corrected chi connectivity index (χ4v) is 4.44. The van der Waals surface area contributed by atoms with Crippen molar-refractivity contribution in [3.8, 4) is 82.2 Å². The third-order valence-corrected chi connectivity index (χ3v) is 6.50. The van der Waals surface area contributed by atoms with Gasteiger partial charge in [0.05, 0.1) is 39.2 Å². The van der Waals surface area contributed by atoms with E-state index in [1.54, 1.807) is 0 Å². The topological polar surface area (TPSA) is 203 Å². The summed E-state index contributed by atoms with van der Waals surface area (Å²) in [5, 5.41) is 76.7. The Kier molecular flexibility index (Phi) is 8.08. The van der Waals surface area contributed by atoms with Crippen LogP contribution in [0.3, 0.4) is 0 Å². The molecule has 46 heavy (non-hydrogen) atoms. The minimum absolute atomic E-state index is 0.459. The van der Waals surface area contributed by atoms with Crippen molar-refractivity contribution in [3.05, 3.63) is 97.6 Å². The predicted octanol–water partition coefficient (Wildman–Crippen LogP) is 5.89. The molecule has 1 heterocycles. The molecule has 0 bridgehead atoms. The van der Waals surface area contributed by atoms with Crippen LogP contribution < -0.4 is 0 Å². The maximum Gasteiger partial charge on any atom is 0.161 e. The molecular formula is C31H3F6N9. The Morgan fingerprint density at radius 2 is 0.652 bits per heavy atom. The van der Waals surface area contributed by atoms with E-state index in [-0.39, 0.29) is 0 Å². The molecule has 0 radical (unpaired) electrons. The van der Waals surface area contributed by atoms with Gasteiger partial charge < -0.3 is 0 Å². The monoisotopic (exact) mass is 615 g/mol. The van der Waals surface area contributed by atoms with Crippen LogP contribution in [0.15, 0.2) is 18.2 Å². The van der Waals surface area contributed by atoms with Crippen LogP contribution in [0.2, 0.25) is 0 Å². The van der Waals surface area contributed by atoms with Crippen molar-refractivity contribution in [2.24, 2.45) is 0 Å². The molecule has 0 aliphatic heterocycles. The van der Waals surface area contributed by atoms with Crippen molar-refractivity contribution in [2.75, 3.05) is 0 Å². The molecule has 0 saturated heterocycles. The lowest BCUT2D eigenvalue weighted by molar-refractivity contribution is 0.576. The number of pyridine rings is 1. The largest absolute Gasteiger partial charge is 0.245 e. The average Bonchev–Trinajstić information content (AvgIpc) is 3.05. The molecule has 0 fully saturated rings. The number of nitrogens with zero attached hydrogens (tertiary/aromatic N) is 9. The molecule has 0 N–H and O–H groups in total. The van der Waals surface area contributed by atoms with Gasteiger partial charge in [0.2, 0.25) is 0 Å². The molecule has 9 nitrogen and oxygen atoms in total. The first kappa shape index (κ1) is 31.3. The van der Waals surface area contributed by atoms with Gasteiger partial charge in [-0.3, -0.25) is 0 Å². The number of hydrogen-bond acceptors (Lipinski definition) is 9. The molecule has 0 amide bonds. The Bertz CT molecular complexity index is 2310. The number of hydrogen-bond donors (Lipinski definition) is 0. The molecule has 214 valence electrons. The third kappa shape index (κ3) is 4.50. The van der Waals surface area contributed by atoms with Gasteiger partial charge in [0.1, 0.15) is 65.2 Å². The van der Waals surface area contributed by atoms with Crippen molar-refractivity contribution in [3.63, 3.8) is 0 Å². The quantitative estimate of drug-likeness (QED) is 0.252. The molecular weight excluding hydrogens is 612 g/mol. The Labute approximate surface area is 253 Å². The van der Waals surface area contributed by atoms with Crippen LogP contribution in [0, 0.1) is 126 Å². The fourth-order valence-electron chi connectivity index (χ4n) is 4.44. The molecule has 1 aromatic heterocycles. The van der Waals surface area contributed by atoms with Crippen LogP contribution in [0.1, 0.15) is 44.5 Å². The molecule has 0 aliphatic carbocycles. The summed E-state index contributed by atoms with van der Waals surface area (Å²) < 4.78 is 91.0. The van der Waals surface area contributed by atoms with Crippen LogP contribution in [0.4, 0.5) is 26.3 Å². The van der Waals surface area contributed by atoms with Gasteiger partial charge in [-0.25, -0.2) is 31.3 Å². The first-order valence-electron chi connectivity index (χ1n) is 11.9. The Morgan fingerprint density at radius 3 is 0.935 bits per heavy atom. The summed E-state index contributed by atoms with van der Waals surface area (Å²) in [6.07, 6.45) is 0. The fraction of sp³-hybridized carbons (Fsp3) is 0. The van der Waals surface area contributed by atoms with E-state index >= 15 is 13.2 Å². The minimum Gasteiger partial charge on any atom is -0.245 e. The number of benzene rings is 3. The number of nitriles is 8. The molecule has 0 saturated carbocycles. The highest BCUT2D eigenvalue weighted by molar-refractivity contribution is 5.91. The zero-order valence-corrected chi connectivity index (χ0v) is 22.0. The Hall–Kier alpha value is -7.69. The molecule has 0 atom stereocenters. The van der Waals surface area contributed by atoms with E-state index in [0.29, 0.717) is 18.2 Å². The minimum atomic E-state index is -1.76. The molecule has 0 unspecified atom stereocenters. The summed E-state index contributed by atoms with van der Waals surface area (Å²) in [5.41, 5.74) is -15.1. The van der Waals surface area contributed by atoms with E-state index in [9.17, 15) is 55.3 Å². The van der Waals surface area contributed by atoms with Gasteiger partial charge >= 0.3 is 0 Å². The molecule has 4 rings (SSSR count). The summed E-state index contributed by atoms with van der Waals surface area (Å²) in [6.45, 7) is 0. The summed E-state index contributed by atoms with van der Waals surface area (Å²) in [4.78, 5) is 3.92. The summed E-state index contributed by atoms with van der Waals surface area (Å²) >= 11 is 0. The van der Waals surface area contributed by atoms with Gasteiger partial charge in [-0.2, -0.15) is 42.1 Å². The Morgan fingerprint density at radius 1 is 0.370 bits per heavy atom. The lowest BCUT2D eigenvalue weighted by Gasteiger charge is -2.18. The second-order valence-electron chi connectivity index (χ2n) is 8.75. The SMILES string of the molecule is N#Cc1cc(-c2nc(-c3cc(C#N)c(F)c(C#N)c3F)c(C#N)c(-c3cc(C#N)c(F)c(C#N)c3F)c2C#N)c(F)c(C#N)c1F. The lowest BCUT2D eigenvalue weighted by atomic mass is 9.86. The zero-order valence-electron chi connectivity index (χ0n) is 22.0. The van der Waals surface area contributed by atoms with Crippen LogP contribution in [0.25, 0.3) is 33.6 Å². The highest BCUT2D eigenvalue weighted by atomic mass is 19.2. The van der Waals surface area contributed by atoms with Crippen LogP contribution >= 0.6 is 0 Å². The smallest absolute Gasteiger partial charge is 0.161 e. The van der Waals surface area contributed by atoms with Crippen LogP contribution in [-0.4, -0.2) is 4.98 Å². The highest BCUT2D eigenvalue weighted by Gasteiger charge is 2.32. The van der Waals surface area contributed by atoms with Crippen molar-refractivity contribution in [1.82, 2.24) is 4.98 Å². The average molecular weight is 615 g/mol. The molecule has 3 aromatic carbocycles. The van der Waals surface area contributed by atoms with Gasteiger partial charge in [-0.1, -0.05) is 0 Å². The van der Waals surface area contributed by atoms with E-state index in [2.05, 4.69) is 4.98 Å². The summed E-state index contributed by atoms with van der Waals surface area (Å²) in [5.74, 6) is -10.1. The summed E-state index contributed by atoms with van der Waals surface area (Å²) in [7, 11) is 0. The van der Waals surface area contributed by atoms with Crippen molar-refractivity contribution >= 4 is 0 Å². The van der Waals surface area contributed by atoms with E-state index in [4.69, 9.17) is 0 Å². The van der Waals surface area contributed by atoms with E-state index < -0.39 is 113 Å². The van der Waals surface area contributed by atoms with Crippen molar-refractivity contribution in [2.45, 2.75) is 0 Å². The van der Waals surface area contributed by atoms with Crippen molar-refractivity contribution in [1.29, 1.82) is 42.1 Å². The van der Waals surface area contributed by atoms with Gasteiger partial charge in [0, 0.05) is 22.3 Å². The van der Waals surface area contributed by atoms with Gasteiger partial charge in [0.25, 0.3) is 0 Å². The normalized spacial score (nSPS) is 9.78. The van der Waals surface area contributed by atoms with Gasteiger partial charge in [0.15, 0.2) is 34.9 Å². The standard InChI is InChI=1S/C31H3F6N9/c32-24-12(4-38)1-15(27(35)20(24)9-43)23-18(7-41)30(16-2-13(5-39)25(33)21(10-44)28(16)36)46-31(19(23)8-42)17-3-14(6-40)26(34)22(11-45)29(17)37/h1-3H. The first-order chi connectivity index (χ1) is 22.0. The highest BCUT2D eigenvalue weighted by Crippen LogP contribution is 2.43. The van der Waals surface area contributed by atoms with Crippen molar-refractivity contribution < 1.29 is 26.3 Å². The Balaban J connectivity index is 2.43. The number of aromatic nitrogens is 1. The second-order valence-corrected chi connectivity index (χ2v) is 8.75. The summed E-state index contributed by atoms with van der Waals surface area (Å²) in [6, 6.07) is 12.0. The third-order valence-electron chi connectivity index (χ3n) is 6.50. The van der Waals surface area contributed by atoms with Crippen LogP contribution in [0.5, 0.6) is 0 Å². The number of halogens is 6. The van der Waals surface area contributed by atoms with E-state index in [0.717, 1.165) is 0 Å². The maximum atomic E-state index is 15.7. The molecule has 4 aromatic rings. The molecule has 0 aliphatic rings.